The van der Waals surface area contributed by atoms with E-state index in [0.29, 0.717) is 6.42 Å². The summed E-state index contributed by atoms with van der Waals surface area (Å²) >= 11 is 0. The zero-order valence-electron chi connectivity index (χ0n) is 12.9. The molecule has 1 fully saturated rings. The minimum absolute atomic E-state index is 0.0535. The zero-order chi connectivity index (χ0) is 15.0. The van der Waals surface area contributed by atoms with Crippen LogP contribution >= 0.6 is 0 Å². The Morgan fingerprint density at radius 2 is 1.79 bits per heavy atom. The molecule has 0 amide bonds. The third-order valence-electron chi connectivity index (χ3n) is 4.33. The van der Waals surface area contributed by atoms with Crippen molar-refractivity contribution in [1.82, 2.24) is 0 Å². The lowest BCUT2D eigenvalue weighted by atomic mass is 9.58. The Morgan fingerprint density at radius 1 is 1.26 bits per heavy atom. The van der Waals surface area contributed by atoms with Gasteiger partial charge in [-0.1, -0.05) is 13.8 Å². The number of esters is 1. The monoisotopic (exact) mass is 272 g/mol. The molecule has 0 bridgehead atoms. The van der Waals surface area contributed by atoms with Crippen LogP contribution in [0.3, 0.4) is 0 Å². The average Bonchev–Trinajstić information content (AvgIpc) is 2.17. The molecule has 0 radical (unpaired) electrons. The van der Waals surface area contributed by atoms with Crippen LogP contribution in [0, 0.1) is 17.8 Å². The van der Waals surface area contributed by atoms with E-state index in [4.69, 9.17) is 4.74 Å². The topological polar surface area (TPSA) is 66.8 Å². The van der Waals surface area contributed by atoms with E-state index in [1.165, 1.54) is 0 Å². The molecule has 0 saturated heterocycles. The number of carbonyl (C=O) groups excluding carboxylic acids is 1. The van der Waals surface area contributed by atoms with Crippen LogP contribution in [0.1, 0.15) is 54.4 Å². The predicted octanol–water partition coefficient (Wildman–Crippen LogP) is 2.12. The first-order valence-electron chi connectivity index (χ1n) is 7.13. The van der Waals surface area contributed by atoms with Crippen LogP contribution < -0.4 is 0 Å². The molecule has 0 aromatic heterocycles. The van der Waals surface area contributed by atoms with Crippen molar-refractivity contribution in [3.8, 4) is 0 Å². The molecule has 112 valence electrons. The summed E-state index contributed by atoms with van der Waals surface area (Å²) in [6.07, 6.45) is 1.06. The molecular weight excluding hydrogens is 244 g/mol. The molecule has 4 atom stereocenters. The number of ether oxygens (including phenoxy) is 1. The molecule has 1 aliphatic rings. The molecule has 4 heteroatoms. The lowest BCUT2D eigenvalue weighted by Gasteiger charge is -2.53. The summed E-state index contributed by atoms with van der Waals surface area (Å²) in [6.45, 7) is 10.7. The molecule has 0 aromatic rings. The molecule has 1 aliphatic carbocycles. The van der Waals surface area contributed by atoms with Crippen LogP contribution in [0.5, 0.6) is 0 Å². The number of rotatable bonds is 5. The molecule has 19 heavy (non-hydrogen) atoms. The van der Waals surface area contributed by atoms with Crippen molar-refractivity contribution in [2.24, 2.45) is 17.8 Å². The standard InChI is InChI=1S/C15H28O4/c1-7-9(2)13(16)19-11-8-10(14(3,4)17)12(11)15(5,6)18/h9-12,17-18H,7-8H2,1-6H3. The molecular formula is C15H28O4. The maximum absolute atomic E-state index is 11.8. The molecule has 0 aliphatic heterocycles. The first-order valence-corrected chi connectivity index (χ1v) is 7.13. The lowest BCUT2D eigenvalue weighted by molar-refractivity contribution is -0.213. The highest BCUT2D eigenvalue weighted by molar-refractivity contribution is 5.72. The smallest absolute Gasteiger partial charge is 0.308 e. The summed E-state index contributed by atoms with van der Waals surface area (Å²) in [5, 5.41) is 20.4. The molecule has 0 aromatic carbocycles. The molecule has 4 unspecified atom stereocenters. The summed E-state index contributed by atoms with van der Waals surface area (Å²) in [7, 11) is 0. The minimum Gasteiger partial charge on any atom is -0.462 e. The molecule has 0 heterocycles. The fraction of sp³-hybridized carbons (Fsp3) is 0.933. The predicted molar refractivity (Wildman–Crippen MR) is 73.5 cm³/mol. The highest BCUT2D eigenvalue weighted by Gasteiger charge is 2.55. The SMILES string of the molecule is CCC(C)C(=O)OC1CC(C(C)(C)O)C1C(C)(C)O. The van der Waals surface area contributed by atoms with E-state index in [-0.39, 0.29) is 29.8 Å². The van der Waals surface area contributed by atoms with Crippen LogP contribution in [0.15, 0.2) is 0 Å². The van der Waals surface area contributed by atoms with Gasteiger partial charge in [0.1, 0.15) is 6.10 Å². The van der Waals surface area contributed by atoms with Gasteiger partial charge in [0.15, 0.2) is 0 Å². The summed E-state index contributed by atoms with van der Waals surface area (Å²) in [5.74, 6) is -0.609. The van der Waals surface area contributed by atoms with Gasteiger partial charge in [-0.25, -0.2) is 0 Å². The number of carbonyl (C=O) groups is 1. The summed E-state index contributed by atoms with van der Waals surface area (Å²) in [5.41, 5.74) is -1.84. The fourth-order valence-corrected chi connectivity index (χ4v) is 2.84. The highest BCUT2D eigenvalue weighted by atomic mass is 16.5. The van der Waals surface area contributed by atoms with Crippen LogP contribution in [0.25, 0.3) is 0 Å². The molecule has 1 rings (SSSR count). The van der Waals surface area contributed by atoms with Crippen molar-refractivity contribution in [1.29, 1.82) is 0 Å². The van der Waals surface area contributed by atoms with E-state index in [1.54, 1.807) is 27.7 Å². The second-order valence-corrected chi connectivity index (χ2v) is 6.96. The number of hydrogen-bond donors (Lipinski definition) is 2. The van der Waals surface area contributed by atoms with Crippen molar-refractivity contribution in [2.75, 3.05) is 0 Å². The van der Waals surface area contributed by atoms with Gasteiger partial charge in [0.05, 0.1) is 17.1 Å². The van der Waals surface area contributed by atoms with E-state index in [0.717, 1.165) is 6.42 Å². The van der Waals surface area contributed by atoms with E-state index < -0.39 is 11.2 Å². The van der Waals surface area contributed by atoms with Gasteiger partial charge >= 0.3 is 5.97 Å². The number of hydrogen-bond acceptors (Lipinski definition) is 4. The van der Waals surface area contributed by atoms with E-state index in [2.05, 4.69) is 0 Å². The molecule has 2 N–H and O–H groups in total. The van der Waals surface area contributed by atoms with Gasteiger partial charge in [0.25, 0.3) is 0 Å². The summed E-state index contributed by atoms with van der Waals surface area (Å²) in [4.78, 5) is 11.8. The van der Waals surface area contributed by atoms with Crippen LogP contribution in [0.4, 0.5) is 0 Å². The van der Waals surface area contributed by atoms with Crippen molar-refractivity contribution >= 4 is 5.97 Å². The highest BCUT2D eigenvalue weighted by Crippen LogP contribution is 2.49. The third kappa shape index (κ3) is 3.69. The van der Waals surface area contributed by atoms with Gasteiger partial charge in [0, 0.05) is 5.92 Å². The normalized spacial score (nSPS) is 29.6. The third-order valence-corrected chi connectivity index (χ3v) is 4.33. The summed E-state index contributed by atoms with van der Waals surface area (Å²) < 4.78 is 5.49. The second-order valence-electron chi connectivity index (χ2n) is 6.96. The van der Waals surface area contributed by atoms with Gasteiger partial charge in [-0.05, 0) is 46.5 Å². The average molecular weight is 272 g/mol. The Labute approximate surface area is 116 Å². The van der Waals surface area contributed by atoms with Gasteiger partial charge in [-0.3, -0.25) is 4.79 Å². The Morgan fingerprint density at radius 3 is 2.16 bits per heavy atom. The fourth-order valence-electron chi connectivity index (χ4n) is 2.84. The Balaban J connectivity index is 2.75. The second kappa shape index (κ2) is 5.41. The zero-order valence-corrected chi connectivity index (χ0v) is 12.9. The summed E-state index contributed by atoms with van der Waals surface area (Å²) in [6, 6.07) is 0. The van der Waals surface area contributed by atoms with Crippen LogP contribution in [0.2, 0.25) is 0 Å². The first kappa shape index (κ1) is 16.4. The Hall–Kier alpha value is -0.610. The first-order chi connectivity index (χ1) is 8.48. The van der Waals surface area contributed by atoms with Gasteiger partial charge < -0.3 is 14.9 Å². The van der Waals surface area contributed by atoms with Crippen molar-refractivity contribution < 1.29 is 19.7 Å². The van der Waals surface area contributed by atoms with Crippen molar-refractivity contribution in [3.63, 3.8) is 0 Å². The quantitative estimate of drug-likeness (QED) is 0.752. The largest absolute Gasteiger partial charge is 0.462 e. The van der Waals surface area contributed by atoms with Crippen molar-refractivity contribution in [3.05, 3.63) is 0 Å². The van der Waals surface area contributed by atoms with E-state index >= 15 is 0 Å². The molecule has 0 spiro atoms. The molecule has 1 saturated carbocycles. The van der Waals surface area contributed by atoms with Crippen LogP contribution in [-0.2, 0) is 9.53 Å². The maximum Gasteiger partial charge on any atom is 0.308 e. The van der Waals surface area contributed by atoms with Crippen LogP contribution in [-0.4, -0.2) is 33.5 Å². The Kier molecular flexibility index (Phi) is 4.68. The van der Waals surface area contributed by atoms with Gasteiger partial charge in [-0.2, -0.15) is 0 Å². The molecule has 4 nitrogen and oxygen atoms in total. The van der Waals surface area contributed by atoms with Gasteiger partial charge in [-0.15, -0.1) is 0 Å². The minimum atomic E-state index is -0.969. The maximum atomic E-state index is 11.8. The van der Waals surface area contributed by atoms with Gasteiger partial charge in [0.2, 0.25) is 0 Å². The van der Waals surface area contributed by atoms with Crippen molar-refractivity contribution in [2.45, 2.75) is 71.7 Å². The van der Waals surface area contributed by atoms with E-state index in [1.807, 2.05) is 13.8 Å². The van der Waals surface area contributed by atoms with E-state index in [9.17, 15) is 15.0 Å². The number of aliphatic hydroxyl groups is 2. The lowest BCUT2D eigenvalue weighted by Crippen LogP contribution is -2.60. The Bertz CT molecular complexity index is 324.